The fraction of sp³-hybridized carbons (Fsp3) is 0.480. The van der Waals surface area contributed by atoms with E-state index >= 15 is 0 Å². The summed E-state index contributed by atoms with van der Waals surface area (Å²) in [7, 11) is 0. The van der Waals surface area contributed by atoms with Crippen LogP contribution in [0.3, 0.4) is 0 Å². The number of piperazine rings is 1. The summed E-state index contributed by atoms with van der Waals surface area (Å²) in [6.07, 6.45) is 2.01. The van der Waals surface area contributed by atoms with Crippen molar-refractivity contribution in [2.75, 3.05) is 26.2 Å². The summed E-state index contributed by atoms with van der Waals surface area (Å²) < 4.78 is 5.54. The molecule has 0 radical (unpaired) electrons. The Morgan fingerprint density at radius 1 is 1.03 bits per heavy atom. The average molecular weight is 409 g/mol. The Balaban J connectivity index is 1.66. The SMILES string of the molecule is CCCCOC(=O)N1C[C@@H]2C[C@H](O)CN2[C@H](C(c2ccccc2)c2ccccc2)C1. The highest BCUT2D eigenvalue weighted by molar-refractivity contribution is 5.68. The molecule has 0 spiro atoms. The Morgan fingerprint density at radius 3 is 2.27 bits per heavy atom. The van der Waals surface area contributed by atoms with Gasteiger partial charge in [-0.25, -0.2) is 4.79 Å². The van der Waals surface area contributed by atoms with E-state index in [-0.39, 0.29) is 30.2 Å². The minimum atomic E-state index is -0.347. The number of unbranched alkanes of at least 4 members (excludes halogenated alkanes) is 1. The molecule has 2 saturated heterocycles. The van der Waals surface area contributed by atoms with Crippen molar-refractivity contribution in [3.8, 4) is 0 Å². The van der Waals surface area contributed by atoms with Crippen molar-refractivity contribution in [2.24, 2.45) is 0 Å². The molecule has 2 aromatic carbocycles. The summed E-state index contributed by atoms with van der Waals surface area (Å²) in [5.74, 6) is 0.117. The van der Waals surface area contributed by atoms with Gasteiger partial charge in [-0.2, -0.15) is 0 Å². The number of rotatable bonds is 6. The Hall–Kier alpha value is -2.37. The number of carbonyl (C=O) groups excluding carboxylic acids is 1. The third-order valence-corrected chi connectivity index (χ3v) is 6.38. The molecular weight excluding hydrogens is 376 g/mol. The second-order valence-electron chi connectivity index (χ2n) is 8.48. The van der Waals surface area contributed by atoms with Crippen LogP contribution in [0, 0.1) is 0 Å². The molecule has 4 rings (SSSR count). The standard InChI is InChI=1S/C25H32N2O3/c1-2-3-14-30-25(29)26-16-21-15-22(28)17-27(21)23(18-26)24(19-10-6-4-7-11-19)20-12-8-5-9-13-20/h4-13,21-24,28H,2-3,14-18H2,1H3/t21-,22-,23-/m0/s1. The van der Waals surface area contributed by atoms with Gasteiger partial charge >= 0.3 is 6.09 Å². The molecule has 2 fully saturated rings. The lowest BCUT2D eigenvalue weighted by atomic mass is 9.82. The fourth-order valence-electron chi connectivity index (χ4n) is 4.96. The number of aliphatic hydroxyl groups is 1. The number of fused-ring (bicyclic) bond motifs is 1. The van der Waals surface area contributed by atoms with Crippen molar-refractivity contribution in [3.05, 3.63) is 71.8 Å². The van der Waals surface area contributed by atoms with Crippen molar-refractivity contribution >= 4 is 6.09 Å². The van der Waals surface area contributed by atoms with E-state index in [4.69, 9.17) is 4.74 Å². The quantitative estimate of drug-likeness (QED) is 0.737. The van der Waals surface area contributed by atoms with Crippen LogP contribution in [0.2, 0.25) is 0 Å². The van der Waals surface area contributed by atoms with Crippen LogP contribution in [0.4, 0.5) is 4.79 Å². The smallest absolute Gasteiger partial charge is 0.409 e. The Morgan fingerprint density at radius 2 is 1.67 bits per heavy atom. The van der Waals surface area contributed by atoms with E-state index in [1.165, 1.54) is 11.1 Å². The molecule has 160 valence electrons. The Labute approximate surface area is 179 Å². The first kappa shape index (κ1) is 20.9. The van der Waals surface area contributed by atoms with Gasteiger partial charge in [0.1, 0.15) is 0 Å². The summed E-state index contributed by atoms with van der Waals surface area (Å²) in [5, 5.41) is 10.4. The molecule has 0 aliphatic carbocycles. The molecule has 0 bridgehead atoms. The number of aliphatic hydroxyl groups excluding tert-OH is 1. The predicted molar refractivity (Wildman–Crippen MR) is 117 cm³/mol. The van der Waals surface area contributed by atoms with Gasteiger partial charge in [0, 0.05) is 37.6 Å². The third-order valence-electron chi connectivity index (χ3n) is 6.38. The van der Waals surface area contributed by atoms with Gasteiger partial charge in [0.05, 0.1) is 12.7 Å². The number of ether oxygens (including phenoxy) is 1. The molecule has 2 aliphatic rings. The third kappa shape index (κ3) is 4.52. The molecule has 5 nitrogen and oxygen atoms in total. The van der Waals surface area contributed by atoms with Gasteiger partial charge < -0.3 is 14.7 Å². The van der Waals surface area contributed by atoms with Crippen LogP contribution < -0.4 is 0 Å². The van der Waals surface area contributed by atoms with E-state index in [1.54, 1.807) is 0 Å². The van der Waals surface area contributed by atoms with Gasteiger partial charge in [-0.05, 0) is 24.0 Å². The van der Waals surface area contributed by atoms with E-state index in [0.717, 1.165) is 12.8 Å². The lowest BCUT2D eigenvalue weighted by molar-refractivity contribution is 0.0280. The van der Waals surface area contributed by atoms with Crippen LogP contribution in [0.15, 0.2) is 60.7 Å². The summed E-state index contributed by atoms with van der Waals surface area (Å²) in [6, 6.07) is 21.3. The maximum Gasteiger partial charge on any atom is 0.409 e. The monoisotopic (exact) mass is 408 g/mol. The second-order valence-corrected chi connectivity index (χ2v) is 8.48. The van der Waals surface area contributed by atoms with E-state index in [1.807, 2.05) is 17.0 Å². The van der Waals surface area contributed by atoms with Gasteiger partial charge in [0.2, 0.25) is 0 Å². The molecule has 1 amide bonds. The summed E-state index contributed by atoms with van der Waals surface area (Å²) >= 11 is 0. The zero-order chi connectivity index (χ0) is 20.9. The molecule has 1 N–H and O–H groups in total. The molecule has 5 heteroatoms. The van der Waals surface area contributed by atoms with Gasteiger partial charge in [0.25, 0.3) is 0 Å². The van der Waals surface area contributed by atoms with Gasteiger partial charge in [-0.3, -0.25) is 4.90 Å². The molecule has 3 atom stereocenters. The number of amides is 1. The van der Waals surface area contributed by atoms with Crippen LogP contribution in [-0.2, 0) is 4.74 Å². The highest BCUT2D eigenvalue weighted by Crippen LogP contribution is 2.37. The van der Waals surface area contributed by atoms with Crippen LogP contribution in [0.5, 0.6) is 0 Å². The van der Waals surface area contributed by atoms with E-state index in [0.29, 0.717) is 32.7 Å². The van der Waals surface area contributed by atoms with Crippen LogP contribution in [0.25, 0.3) is 0 Å². The van der Waals surface area contributed by atoms with Crippen molar-refractivity contribution in [1.29, 1.82) is 0 Å². The largest absolute Gasteiger partial charge is 0.449 e. The van der Waals surface area contributed by atoms with Gasteiger partial charge in [-0.15, -0.1) is 0 Å². The first-order valence-corrected chi connectivity index (χ1v) is 11.1. The molecule has 30 heavy (non-hydrogen) atoms. The number of hydrogen-bond acceptors (Lipinski definition) is 4. The maximum atomic E-state index is 12.8. The molecule has 0 aromatic heterocycles. The van der Waals surface area contributed by atoms with Crippen molar-refractivity contribution in [2.45, 2.75) is 50.3 Å². The lowest BCUT2D eigenvalue weighted by Crippen LogP contribution is -2.59. The Bertz CT molecular complexity index is 774. The number of carbonyl (C=O) groups is 1. The number of hydrogen-bond donors (Lipinski definition) is 1. The highest BCUT2D eigenvalue weighted by atomic mass is 16.6. The zero-order valence-corrected chi connectivity index (χ0v) is 17.7. The van der Waals surface area contributed by atoms with E-state index < -0.39 is 0 Å². The van der Waals surface area contributed by atoms with E-state index in [2.05, 4.69) is 60.4 Å². The van der Waals surface area contributed by atoms with Crippen molar-refractivity contribution < 1.29 is 14.6 Å². The lowest BCUT2D eigenvalue weighted by Gasteiger charge is -2.46. The second kappa shape index (κ2) is 9.63. The molecular formula is C25H32N2O3. The van der Waals surface area contributed by atoms with Crippen LogP contribution >= 0.6 is 0 Å². The fourth-order valence-corrected chi connectivity index (χ4v) is 4.96. The molecule has 2 aliphatic heterocycles. The van der Waals surface area contributed by atoms with Crippen LogP contribution in [-0.4, -0.2) is 65.4 Å². The maximum absolute atomic E-state index is 12.8. The molecule has 0 saturated carbocycles. The summed E-state index contributed by atoms with van der Waals surface area (Å²) in [5.41, 5.74) is 2.46. The summed E-state index contributed by atoms with van der Waals surface area (Å²) in [6.45, 7) is 4.43. The normalized spacial score (nSPS) is 24.1. The average Bonchev–Trinajstić information content (AvgIpc) is 3.16. The van der Waals surface area contributed by atoms with E-state index in [9.17, 15) is 9.90 Å². The zero-order valence-electron chi connectivity index (χ0n) is 17.7. The predicted octanol–water partition coefficient (Wildman–Crippen LogP) is 3.87. The van der Waals surface area contributed by atoms with Gasteiger partial charge in [0.15, 0.2) is 0 Å². The first-order valence-electron chi connectivity index (χ1n) is 11.1. The number of benzene rings is 2. The van der Waals surface area contributed by atoms with Crippen molar-refractivity contribution in [3.63, 3.8) is 0 Å². The van der Waals surface area contributed by atoms with Crippen LogP contribution in [0.1, 0.15) is 43.2 Å². The minimum absolute atomic E-state index is 0.0874. The Kier molecular flexibility index (Phi) is 6.70. The topological polar surface area (TPSA) is 53.0 Å². The van der Waals surface area contributed by atoms with Crippen molar-refractivity contribution in [1.82, 2.24) is 9.80 Å². The minimum Gasteiger partial charge on any atom is -0.449 e. The molecule has 2 heterocycles. The summed E-state index contributed by atoms with van der Waals surface area (Å²) in [4.78, 5) is 17.1. The highest BCUT2D eigenvalue weighted by Gasteiger charge is 2.45. The number of nitrogens with zero attached hydrogens (tertiary/aromatic N) is 2. The molecule has 2 aromatic rings. The molecule has 0 unspecified atom stereocenters. The van der Waals surface area contributed by atoms with Gasteiger partial charge in [-0.1, -0.05) is 74.0 Å². The first-order chi connectivity index (χ1) is 14.7.